The van der Waals surface area contributed by atoms with Crippen molar-refractivity contribution < 1.29 is 57.9 Å². The van der Waals surface area contributed by atoms with Gasteiger partial charge in [-0.3, -0.25) is 24.0 Å². The smallest absolute Gasteiger partial charge is 0.325 e. The maximum Gasteiger partial charge on any atom is 0.325 e. The van der Waals surface area contributed by atoms with E-state index in [9.17, 15) is 34.2 Å². The van der Waals surface area contributed by atoms with Crippen LogP contribution in [-0.4, -0.2) is 141 Å². The molecule has 1 aliphatic carbocycles. The number of fused-ring (bicyclic) bond motifs is 2. The number of aliphatic hydroxyl groups excluding tert-OH is 1. The molecule has 13 atom stereocenters. The topological polar surface area (TPSA) is 219 Å². The molecule has 4 unspecified atom stereocenters. The molecule has 1 fully saturated rings. The number of ether oxygens (including phenoxy) is 5. The lowest BCUT2D eigenvalue weighted by atomic mass is 9.77. The predicted octanol–water partition coefficient (Wildman–Crippen LogP) is 6.61. The summed E-state index contributed by atoms with van der Waals surface area (Å²) in [5.41, 5.74) is 1.40. The molecular weight excluding hydrogens is 899 g/mol. The first-order chi connectivity index (χ1) is 33.3. The zero-order valence-electron chi connectivity index (χ0n) is 43.5. The van der Waals surface area contributed by atoms with Crippen molar-refractivity contribution in [3.05, 3.63) is 65.6 Å². The number of aliphatic hydroxyl groups is 2. The molecule has 2 aliphatic heterocycles. The van der Waals surface area contributed by atoms with Crippen molar-refractivity contribution >= 4 is 29.2 Å². The van der Waals surface area contributed by atoms with Crippen LogP contribution < -0.4 is 0 Å². The van der Waals surface area contributed by atoms with Gasteiger partial charge in [-0.2, -0.15) is 4.80 Å². The molecule has 0 aromatic carbocycles. The molecule has 390 valence electrons. The average Bonchev–Trinajstić information content (AvgIpc) is 3.88. The molecule has 0 spiro atoms. The third-order valence-electron chi connectivity index (χ3n) is 14.4. The van der Waals surface area contributed by atoms with Crippen LogP contribution in [-0.2, 0) is 47.7 Å². The van der Waals surface area contributed by atoms with Crippen molar-refractivity contribution in [1.29, 1.82) is 0 Å². The lowest BCUT2D eigenvalue weighted by Gasteiger charge is -2.37. The van der Waals surface area contributed by atoms with Gasteiger partial charge in [-0.1, -0.05) is 90.0 Å². The van der Waals surface area contributed by atoms with E-state index in [1.807, 2.05) is 65.0 Å². The first-order valence-electron chi connectivity index (χ1n) is 25.1. The zero-order valence-corrected chi connectivity index (χ0v) is 43.5. The number of carbonyl (C=O) groups excluding carboxylic acids is 5. The molecular formula is C53H81N5O12. The maximum atomic E-state index is 14.3. The number of unbranched alkanes of at least 4 members (excludes halogenated alkanes) is 2. The van der Waals surface area contributed by atoms with Gasteiger partial charge in [0.15, 0.2) is 12.1 Å². The molecule has 1 aromatic rings. The minimum Gasteiger partial charge on any atom is -0.460 e. The van der Waals surface area contributed by atoms with Gasteiger partial charge in [0.2, 0.25) is 0 Å². The minimum atomic E-state index is -2.58. The molecule has 2 N–H and O–H groups in total. The van der Waals surface area contributed by atoms with Crippen LogP contribution in [0.4, 0.5) is 0 Å². The number of Topliss-reactive ketones (excluding diaryl/α,β-unsaturated/α-hetero) is 3. The van der Waals surface area contributed by atoms with Gasteiger partial charge in [-0.15, -0.1) is 10.2 Å². The quantitative estimate of drug-likeness (QED) is 0.103. The second-order valence-electron chi connectivity index (χ2n) is 19.9. The molecule has 2 bridgehead atoms. The minimum absolute atomic E-state index is 0.00917. The molecule has 0 saturated heterocycles. The highest BCUT2D eigenvalue weighted by molar-refractivity contribution is 6.39. The summed E-state index contributed by atoms with van der Waals surface area (Å²) in [6, 6.07) is -0.107. The molecule has 1 amide bonds. The Labute approximate surface area is 415 Å². The van der Waals surface area contributed by atoms with Crippen LogP contribution in [0.1, 0.15) is 132 Å². The van der Waals surface area contributed by atoms with Gasteiger partial charge >= 0.3 is 5.97 Å². The van der Waals surface area contributed by atoms with E-state index in [-0.39, 0.29) is 66.4 Å². The Bertz CT molecular complexity index is 2050. The van der Waals surface area contributed by atoms with E-state index < -0.39 is 72.3 Å². The number of nitrogens with zero attached hydrogens (tertiary/aromatic N) is 5. The summed E-state index contributed by atoms with van der Waals surface area (Å²) in [4.78, 5) is 73.3. The normalized spacial score (nSPS) is 35.2. The van der Waals surface area contributed by atoms with Crippen LogP contribution in [0, 0.1) is 29.6 Å². The number of rotatable bonds is 11. The number of amides is 1. The number of methoxy groups -OCH3 is 3. The molecule has 3 heterocycles. The fourth-order valence-corrected chi connectivity index (χ4v) is 9.93. The maximum absolute atomic E-state index is 14.3. The Morgan fingerprint density at radius 3 is 2.33 bits per heavy atom. The van der Waals surface area contributed by atoms with Gasteiger partial charge in [0.05, 0.1) is 24.4 Å². The van der Waals surface area contributed by atoms with Crippen molar-refractivity contribution in [2.24, 2.45) is 29.6 Å². The van der Waals surface area contributed by atoms with E-state index in [2.05, 4.69) is 15.4 Å². The van der Waals surface area contributed by atoms with Crippen molar-refractivity contribution in [3.63, 3.8) is 0 Å². The second kappa shape index (κ2) is 27.9. The second-order valence-corrected chi connectivity index (χ2v) is 19.9. The largest absolute Gasteiger partial charge is 0.460 e. The van der Waals surface area contributed by atoms with Gasteiger partial charge in [0, 0.05) is 52.6 Å². The highest BCUT2D eigenvalue weighted by atomic mass is 16.6. The highest BCUT2D eigenvalue weighted by Gasteiger charge is 2.49. The Kier molecular flexibility index (Phi) is 23.2. The number of allylic oxidation sites excluding steroid dienone is 6. The summed E-state index contributed by atoms with van der Waals surface area (Å²) in [5, 5.41) is 35.6. The Morgan fingerprint density at radius 1 is 0.929 bits per heavy atom. The molecule has 70 heavy (non-hydrogen) atoms. The van der Waals surface area contributed by atoms with Crippen molar-refractivity contribution in [3.8, 4) is 0 Å². The number of hydrogen-bond acceptors (Lipinski definition) is 15. The van der Waals surface area contributed by atoms with Crippen molar-refractivity contribution in [2.75, 3.05) is 34.4 Å². The summed E-state index contributed by atoms with van der Waals surface area (Å²) in [7, 11) is 4.58. The molecule has 1 aromatic heterocycles. The van der Waals surface area contributed by atoms with Crippen LogP contribution in [0.25, 0.3) is 0 Å². The lowest BCUT2D eigenvalue weighted by molar-refractivity contribution is -0.214. The summed E-state index contributed by atoms with van der Waals surface area (Å²) in [6.45, 7) is 13.9. The van der Waals surface area contributed by atoms with Crippen LogP contribution in [0.3, 0.4) is 0 Å². The molecule has 17 heteroatoms. The third-order valence-corrected chi connectivity index (χ3v) is 14.4. The van der Waals surface area contributed by atoms with Gasteiger partial charge in [-0.05, 0) is 105 Å². The molecule has 17 nitrogen and oxygen atoms in total. The summed E-state index contributed by atoms with van der Waals surface area (Å²) < 4.78 is 29.6. The van der Waals surface area contributed by atoms with Crippen molar-refractivity contribution in [1.82, 2.24) is 25.1 Å². The van der Waals surface area contributed by atoms with Gasteiger partial charge in [-0.25, -0.2) is 0 Å². The Balaban J connectivity index is 1.70. The monoisotopic (exact) mass is 980 g/mol. The van der Waals surface area contributed by atoms with Crippen molar-refractivity contribution in [2.45, 2.75) is 174 Å². The molecule has 3 aliphatic rings. The first-order valence-corrected chi connectivity index (χ1v) is 25.1. The SMILES string of the molecule is CCCCCN1CC(=O)O[C@H]([C@H](C)CC2CC[C@H](n3ncnn3)[C@H](OC)C2)CC(=O)[C@H](C)/C=C(\C)[C@@H](O)C(OC)C(=O)C(C)C[C@H](C)/C=C/C=C/C=C(\C)[C@@H](OC)C[C@@H]2CC=C(C)C(O)(O2)C(=O)C1=O. The van der Waals surface area contributed by atoms with E-state index in [0.717, 1.165) is 23.3 Å². The van der Waals surface area contributed by atoms with E-state index in [4.69, 9.17) is 23.7 Å². The molecule has 4 rings (SSSR count). The number of cyclic esters (lactones) is 1. The fraction of sp³-hybridized carbons (Fsp3) is 0.698. The van der Waals surface area contributed by atoms with Crippen LogP contribution >= 0.6 is 0 Å². The number of carbonyl (C=O) groups is 5. The average molecular weight is 980 g/mol. The Hall–Kier alpha value is -4.52. The number of esters is 1. The van der Waals surface area contributed by atoms with E-state index in [1.54, 1.807) is 45.0 Å². The number of aromatic nitrogens is 4. The molecule has 0 radical (unpaired) electrons. The van der Waals surface area contributed by atoms with Crippen LogP contribution in [0.15, 0.2) is 65.6 Å². The van der Waals surface area contributed by atoms with E-state index >= 15 is 0 Å². The van der Waals surface area contributed by atoms with Gasteiger partial charge in [0.1, 0.15) is 30.6 Å². The zero-order chi connectivity index (χ0) is 51.7. The summed E-state index contributed by atoms with van der Waals surface area (Å²) in [6.07, 6.45) is 15.0. The standard InChI is InChI=1S/C53H81N5O12/c1-12-13-17-24-57-31-47(60)69-45(36(5)27-40-21-23-42(46(28-40)67-10)58-55-32-54-56-58)30-43(59)35(4)26-38(7)49(62)50(68-11)48(61)37(6)25-33(2)18-15-14-16-19-34(3)44(66-9)29-41-22-20-39(8)53(65,70-41)51(63)52(57)64/h14-16,18-20,26,32-33,35-37,40-42,44-46,49-50,62,65H,12-13,17,21-25,27-31H2,1-11H3/b16-14+,18-15+,34-19+,38-26+/t33-,35-,36-,37?,40?,41+,42+,44+,45+,46-,49-,50?,53?/m1/s1. The fourth-order valence-electron chi connectivity index (χ4n) is 9.93. The third kappa shape index (κ3) is 16.0. The molecule has 1 saturated carbocycles. The van der Waals surface area contributed by atoms with E-state index in [0.29, 0.717) is 50.5 Å². The number of hydrogen-bond donors (Lipinski definition) is 2. The summed E-state index contributed by atoms with van der Waals surface area (Å²) >= 11 is 0. The summed E-state index contributed by atoms with van der Waals surface area (Å²) in [5.74, 6) is -7.69. The van der Waals surface area contributed by atoms with Crippen LogP contribution in [0.5, 0.6) is 0 Å². The number of tetrazole rings is 1. The lowest BCUT2D eigenvalue weighted by Crippen LogP contribution is -2.55. The van der Waals surface area contributed by atoms with Gasteiger partial charge < -0.3 is 38.8 Å². The van der Waals surface area contributed by atoms with Crippen LogP contribution in [0.2, 0.25) is 0 Å². The van der Waals surface area contributed by atoms with Gasteiger partial charge in [0.25, 0.3) is 17.5 Å². The first kappa shape index (κ1) is 58.1. The Morgan fingerprint density at radius 2 is 1.67 bits per heavy atom. The van der Waals surface area contributed by atoms with E-state index in [1.165, 1.54) is 20.4 Å². The highest BCUT2D eigenvalue weighted by Crippen LogP contribution is 2.38. The predicted molar refractivity (Wildman–Crippen MR) is 263 cm³/mol. The number of ketones is 3.